The van der Waals surface area contributed by atoms with E-state index < -0.39 is 0 Å². The zero-order valence-electron chi connectivity index (χ0n) is 11.4. The lowest BCUT2D eigenvalue weighted by Gasteiger charge is -2.13. The van der Waals surface area contributed by atoms with E-state index in [4.69, 9.17) is 4.74 Å². The maximum atomic E-state index is 9.98. The fraction of sp³-hybridized carbons (Fsp3) is 0.250. The van der Waals surface area contributed by atoms with E-state index in [0.717, 1.165) is 17.7 Å². The van der Waals surface area contributed by atoms with Crippen molar-refractivity contribution < 1.29 is 9.84 Å². The molecule has 106 valence electrons. The minimum atomic E-state index is 0.286. The average molecular weight is 336 g/mol. The van der Waals surface area contributed by atoms with E-state index in [0.29, 0.717) is 17.6 Å². The topological polar surface area (TPSA) is 41.5 Å². The van der Waals surface area contributed by atoms with Crippen LogP contribution >= 0.6 is 15.9 Å². The monoisotopic (exact) mass is 335 g/mol. The molecule has 0 fully saturated rings. The molecule has 0 aliphatic heterocycles. The number of ether oxygens (including phenoxy) is 1. The highest BCUT2D eigenvalue weighted by atomic mass is 79.9. The van der Waals surface area contributed by atoms with Crippen molar-refractivity contribution in [1.29, 1.82) is 0 Å². The summed E-state index contributed by atoms with van der Waals surface area (Å²) in [4.78, 5) is 0. The second-order valence-electron chi connectivity index (χ2n) is 4.50. The molecule has 0 aliphatic carbocycles. The summed E-state index contributed by atoms with van der Waals surface area (Å²) >= 11 is 3.33. The summed E-state index contributed by atoms with van der Waals surface area (Å²) in [5.74, 6) is 0.286. The quantitative estimate of drug-likeness (QED) is 0.839. The van der Waals surface area contributed by atoms with E-state index in [-0.39, 0.29) is 5.75 Å². The highest BCUT2D eigenvalue weighted by Crippen LogP contribution is 2.28. The fourth-order valence-corrected chi connectivity index (χ4v) is 2.42. The van der Waals surface area contributed by atoms with Crippen LogP contribution < -0.4 is 5.32 Å². The number of methoxy groups -OCH3 is 1. The number of hydrogen-bond donors (Lipinski definition) is 2. The van der Waals surface area contributed by atoms with Crippen LogP contribution in [0.1, 0.15) is 11.1 Å². The van der Waals surface area contributed by atoms with E-state index in [2.05, 4.69) is 27.3 Å². The van der Waals surface area contributed by atoms with Gasteiger partial charge in [0.2, 0.25) is 0 Å². The second kappa shape index (κ2) is 7.31. The lowest BCUT2D eigenvalue weighted by Crippen LogP contribution is -2.04. The molecule has 0 spiro atoms. The molecule has 20 heavy (non-hydrogen) atoms. The summed E-state index contributed by atoms with van der Waals surface area (Å²) in [6.07, 6.45) is 0.865. The Hall–Kier alpha value is -1.52. The van der Waals surface area contributed by atoms with Crippen LogP contribution in [-0.4, -0.2) is 18.8 Å². The molecule has 3 nitrogen and oxygen atoms in total. The molecular weight excluding hydrogens is 318 g/mol. The Morgan fingerprint density at radius 3 is 2.65 bits per heavy atom. The first-order valence-electron chi connectivity index (χ1n) is 6.49. The molecule has 0 saturated heterocycles. The Kier molecular flexibility index (Phi) is 5.44. The van der Waals surface area contributed by atoms with Gasteiger partial charge >= 0.3 is 0 Å². The number of nitrogens with one attached hydrogen (secondary N) is 1. The van der Waals surface area contributed by atoms with Gasteiger partial charge in [0.1, 0.15) is 5.75 Å². The minimum absolute atomic E-state index is 0.286. The molecule has 0 atom stereocenters. The molecule has 0 amide bonds. The van der Waals surface area contributed by atoms with Gasteiger partial charge in [-0.05, 0) is 40.0 Å². The van der Waals surface area contributed by atoms with Crippen molar-refractivity contribution in [1.82, 2.24) is 0 Å². The van der Waals surface area contributed by atoms with E-state index in [1.165, 1.54) is 5.56 Å². The zero-order valence-corrected chi connectivity index (χ0v) is 13.0. The van der Waals surface area contributed by atoms with Gasteiger partial charge in [-0.3, -0.25) is 0 Å². The number of aromatic hydroxyl groups is 1. The Bertz CT molecular complexity index is 572. The highest BCUT2D eigenvalue weighted by Gasteiger charge is 2.06. The predicted molar refractivity (Wildman–Crippen MR) is 85.2 cm³/mol. The summed E-state index contributed by atoms with van der Waals surface area (Å²) in [5, 5.41) is 13.3. The maximum absolute atomic E-state index is 9.98. The average Bonchev–Trinajstić information content (AvgIpc) is 2.47. The smallest absolute Gasteiger partial charge is 0.134 e. The number of rotatable bonds is 6. The van der Waals surface area contributed by atoms with Crippen LogP contribution in [0.15, 0.2) is 46.9 Å². The molecule has 2 aromatic rings. The third kappa shape index (κ3) is 3.74. The van der Waals surface area contributed by atoms with Gasteiger partial charge in [-0.1, -0.05) is 30.3 Å². The Labute approximate surface area is 127 Å². The van der Waals surface area contributed by atoms with Crippen LogP contribution in [0, 0.1) is 0 Å². The molecule has 0 aromatic heterocycles. The first-order chi connectivity index (χ1) is 9.72. The van der Waals surface area contributed by atoms with Gasteiger partial charge in [0.25, 0.3) is 0 Å². The van der Waals surface area contributed by atoms with Crippen molar-refractivity contribution in [2.75, 3.05) is 19.0 Å². The number of hydrogen-bond acceptors (Lipinski definition) is 3. The third-order valence-electron chi connectivity index (χ3n) is 3.13. The van der Waals surface area contributed by atoms with Crippen molar-refractivity contribution in [2.24, 2.45) is 0 Å². The molecule has 0 bridgehead atoms. The van der Waals surface area contributed by atoms with Gasteiger partial charge in [-0.2, -0.15) is 0 Å². The molecule has 2 rings (SSSR count). The number of halogens is 1. The van der Waals surface area contributed by atoms with Crippen LogP contribution in [0.5, 0.6) is 5.75 Å². The van der Waals surface area contributed by atoms with Gasteiger partial charge < -0.3 is 15.2 Å². The van der Waals surface area contributed by atoms with E-state index in [1.807, 2.05) is 36.4 Å². The highest BCUT2D eigenvalue weighted by molar-refractivity contribution is 9.10. The standard InChI is InChI=1S/C16H18BrNO2/c1-20-10-9-12-5-2-3-8-15(12)18-11-13-6-4-7-14(17)16(13)19/h2-8,18-19H,9-11H2,1H3. The van der Waals surface area contributed by atoms with Crippen LogP contribution in [0.4, 0.5) is 5.69 Å². The van der Waals surface area contributed by atoms with E-state index >= 15 is 0 Å². The van der Waals surface area contributed by atoms with Crippen molar-refractivity contribution in [3.8, 4) is 5.75 Å². The van der Waals surface area contributed by atoms with Crippen molar-refractivity contribution >= 4 is 21.6 Å². The van der Waals surface area contributed by atoms with Gasteiger partial charge in [0, 0.05) is 24.9 Å². The summed E-state index contributed by atoms with van der Waals surface area (Å²) in [6.45, 7) is 1.27. The molecule has 0 radical (unpaired) electrons. The first-order valence-corrected chi connectivity index (χ1v) is 7.28. The van der Waals surface area contributed by atoms with Crippen molar-refractivity contribution in [3.63, 3.8) is 0 Å². The Morgan fingerprint density at radius 1 is 1.10 bits per heavy atom. The van der Waals surface area contributed by atoms with Crippen LogP contribution in [0.25, 0.3) is 0 Å². The van der Waals surface area contributed by atoms with Gasteiger partial charge in [-0.25, -0.2) is 0 Å². The molecule has 0 saturated carbocycles. The lowest BCUT2D eigenvalue weighted by atomic mass is 10.1. The first kappa shape index (κ1) is 14.9. The normalized spacial score (nSPS) is 10.5. The van der Waals surface area contributed by atoms with Crippen LogP contribution in [0.2, 0.25) is 0 Å². The molecule has 0 unspecified atom stereocenters. The number of para-hydroxylation sites is 2. The summed E-state index contributed by atoms with van der Waals surface area (Å²) in [5.41, 5.74) is 3.15. The predicted octanol–water partition coefficient (Wildman–Crippen LogP) is 3.96. The summed E-state index contributed by atoms with van der Waals surface area (Å²) in [6, 6.07) is 13.8. The zero-order chi connectivity index (χ0) is 14.4. The second-order valence-corrected chi connectivity index (χ2v) is 5.36. The molecular formula is C16H18BrNO2. The van der Waals surface area contributed by atoms with Gasteiger partial charge in [0.05, 0.1) is 11.1 Å². The lowest BCUT2D eigenvalue weighted by molar-refractivity contribution is 0.202. The van der Waals surface area contributed by atoms with Crippen molar-refractivity contribution in [2.45, 2.75) is 13.0 Å². The Morgan fingerprint density at radius 2 is 1.85 bits per heavy atom. The molecule has 0 aliphatic rings. The fourth-order valence-electron chi connectivity index (χ4n) is 2.02. The van der Waals surface area contributed by atoms with Crippen LogP contribution in [0.3, 0.4) is 0 Å². The minimum Gasteiger partial charge on any atom is -0.506 e. The third-order valence-corrected chi connectivity index (χ3v) is 3.77. The molecule has 2 N–H and O–H groups in total. The summed E-state index contributed by atoms with van der Waals surface area (Å²) < 4.78 is 5.84. The number of phenols is 1. The van der Waals surface area contributed by atoms with E-state index in [9.17, 15) is 5.11 Å². The van der Waals surface area contributed by atoms with Crippen LogP contribution in [-0.2, 0) is 17.7 Å². The SMILES string of the molecule is COCCc1ccccc1NCc1cccc(Br)c1O. The van der Waals surface area contributed by atoms with Gasteiger partial charge in [-0.15, -0.1) is 0 Å². The molecule has 4 heteroatoms. The Balaban J connectivity index is 2.09. The maximum Gasteiger partial charge on any atom is 0.134 e. The molecule has 2 aromatic carbocycles. The van der Waals surface area contributed by atoms with E-state index in [1.54, 1.807) is 7.11 Å². The van der Waals surface area contributed by atoms with Crippen molar-refractivity contribution in [3.05, 3.63) is 58.1 Å². The number of anilines is 1. The number of benzene rings is 2. The summed E-state index contributed by atoms with van der Waals surface area (Å²) in [7, 11) is 1.70. The molecule has 0 heterocycles. The number of phenolic OH excluding ortho intramolecular Hbond substituents is 1. The largest absolute Gasteiger partial charge is 0.506 e. The van der Waals surface area contributed by atoms with Gasteiger partial charge in [0.15, 0.2) is 0 Å².